The van der Waals surface area contributed by atoms with Gasteiger partial charge in [-0.25, -0.2) is 17.6 Å². The van der Waals surface area contributed by atoms with E-state index in [9.17, 15) is 27.2 Å². The van der Waals surface area contributed by atoms with Gasteiger partial charge in [0.05, 0.1) is 36.4 Å². The third kappa shape index (κ3) is 5.27. The maximum atomic E-state index is 13.6. The summed E-state index contributed by atoms with van der Waals surface area (Å²) < 4.78 is 63.1. The van der Waals surface area contributed by atoms with Crippen LogP contribution in [0, 0.1) is 0 Å². The highest BCUT2D eigenvalue weighted by atomic mass is 19.3. The fraction of sp³-hybridized carbons (Fsp3) is 0.312. The second kappa shape index (κ2) is 10.2. The molecule has 3 atom stereocenters. The van der Waals surface area contributed by atoms with E-state index >= 15 is 0 Å². The summed E-state index contributed by atoms with van der Waals surface area (Å²) in [5, 5.41) is 8.78. The van der Waals surface area contributed by atoms with Gasteiger partial charge in [-0.2, -0.15) is 0 Å². The fourth-order valence-corrected chi connectivity index (χ4v) is 6.17. The number of nitrogens with zero attached hydrogens (tertiary/aromatic N) is 1. The summed E-state index contributed by atoms with van der Waals surface area (Å²) in [5.74, 6) is -6.11. The van der Waals surface area contributed by atoms with E-state index in [4.69, 9.17) is 4.74 Å². The second-order valence-electron chi connectivity index (χ2n) is 11.5. The number of Topliss-reactive ketones (excluding diaryl/α,β-unsaturated/α-hetero) is 1. The average molecular weight is 593 g/mol. The van der Waals surface area contributed by atoms with Gasteiger partial charge in [-0.05, 0) is 35.9 Å². The molecule has 0 spiro atoms. The quantitative estimate of drug-likeness (QED) is 0.265. The average Bonchev–Trinajstić information content (AvgIpc) is 3.66. The number of carbonyl (C=O) groups excluding carboxylic acids is 2. The van der Waals surface area contributed by atoms with Gasteiger partial charge in [0.15, 0.2) is 5.78 Å². The molecule has 7 rings (SSSR count). The number of halogens is 4. The van der Waals surface area contributed by atoms with Crippen LogP contribution < -0.4 is 20.7 Å². The number of benzene rings is 3. The highest BCUT2D eigenvalue weighted by Crippen LogP contribution is 2.45. The topological polar surface area (TPSA) is 84.4 Å². The lowest BCUT2D eigenvalue weighted by Gasteiger charge is -2.30. The molecule has 1 aromatic heterocycles. The van der Waals surface area contributed by atoms with Gasteiger partial charge in [0.25, 0.3) is 11.8 Å². The zero-order valence-corrected chi connectivity index (χ0v) is 22.9. The smallest absolute Gasteiger partial charge is 0.262 e. The lowest BCUT2D eigenvalue weighted by Crippen LogP contribution is -2.35. The summed E-state index contributed by atoms with van der Waals surface area (Å²) in [7, 11) is 0. The molecule has 4 aromatic rings. The van der Waals surface area contributed by atoms with Crippen molar-refractivity contribution in [1.29, 1.82) is 0 Å². The number of ether oxygens (including phenoxy) is 1. The maximum absolute atomic E-state index is 13.6. The number of rotatable bonds is 6. The molecule has 2 saturated heterocycles. The van der Waals surface area contributed by atoms with Crippen LogP contribution in [0.1, 0.15) is 30.2 Å². The third-order valence-corrected chi connectivity index (χ3v) is 8.29. The summed E-state index contributed by atoms with van der Waals surface area (Å²) in [6.07, 6.45) is -1.58. The first-order chi connectivity index (χ1) is 20.6. The molecular weight excluding hydrogens is 564 g/mol. The van der Waals surface area contributed by atoms with Crippen molar-refractivity contribution in [2.45, 2.75) is 49.4 Å². The number of hydrogen-bond donors (Lipinski definition) is 3. The molecule has 3 aliphatic rings. The molecule has 1 amide bonds. The van der Waals surface area contributed by atoms with Crippen molar-refractivity contribution >= 4 is 28.3 Å². The van der Waals surface area contributed by atoms with E-state index in [2.05, 4.69) is 20.5 Å². The summed E-state index contributed by atoms with van der Waals surface area (Å²) in [6, 6.07) is 20.6. The first-order valence-corrected chi connectivity index (χ1v) is 14.1. The summed E-state index contributed by atoms with van der Waals surface area (Å²) in [4.78, 5) is 25.4. The van der Waals surface area contributed by atoms with E-state index in [1.54, 1.807) is 12.1 Å². The molecule has 0 saturated carbocycles. The monoisotopic (exact) mass is 592 g/mol. The van der Waals surface area contributed by atoms with E-state index < -0.39 is 62.0 Å². The van der Waals surface area contributed by atoms with Crippen molar-refractivity contribution in [3.05, 3.63) is 83.9 Å². The molecule has 4 heterocycles. The lowest BCUT2D eigenvalue weighted by molar-refractivity contribution is -0.120. The van der Waals surface area contributed by atoms with Gasteiger partial charge in [-0.1, -0.05) is 36.4 Å². The minimum Gasteiger partial charge on any atom is -0.465 e. The Morgan fingerprint density at radius 1 is 0.884 bits per heavy atom. The van der Waals surface area contributed by atoms with Crippen LogP contribution in [0.25, 0.3) is 22.2 Å². The normalized spacial score (nSPS) is 23.4. The lowest BCUT2D eigenvalue weighted by atomic mass is 10.0. The summed E-state index contributed by atoms with van der Waals surface area (Å²) >= 11 is 0. The van der Waals surface area contributed by atoms with Crippen LogP contribution in [-0.4, -0.2) is 53.3 Å². The van der Waals surface area contributed by atoms with Crippen LogP contribution in [-0.2, 0) is 16.0 Å². The van der Waals surface area contributed by atoms with Gasteiger partial charge in [-0.15, -0.1) is 0 Å². The maximum Gasteiger partial charge on any atom is 0.262 e. The number of nitrogens with one attached hydrogen (secondary N) is 3. The van der Waals surface area contributed by atoms with Crippen LogP contribution >= 0.6 is 0 Å². The number of amides is 1. The molecule has 3 N–H and O–H groups in total. The Morgan fingerprint density at radius 2 is 1.60 bits per heavy atom. The number of carbonyl (C=O) groups is 2. The molecular formula is C32H28F4N4O3. The van der Waals surface area contributed by atoms with Crippen LogP contribution in [0.2, 0.25) is 0 Å². The summed E-state index contributed by atoms with van der Waals surface area (Å²) in [6.45, 7) is -1.03. The molecule has 3 aliphatic heterocycles. The molecule has 11 heteroatoms. The number of ketones is 1. The predicted octanol–water partition coefficient (Wildman–Crippen LogP) is 5.29. The third-order valence-electron chi connectivity index (χ3n) is 8.29. The molecule has 0 aliphatic carbocycles. The minimum atomic E-state index is -2.92. The fourth-order valence-electron chi connectivity index (χ4n) is 6.17. The van der Waals surface area contributed by atoms with Gasteiger partial charge in [0, 0.05) is 47.5 Å². The van der Waals surface area contributed by atoms with Crippen molar-refractivity contribution in [2.75, 3.05) is 18.4 Å². The number of anilines is 1. The first-order valence-electron chi connectivity index (χ1n) is 14.1. The van der Waals surface area contributed by atoms with Gasteiger partial charge in [0.2, 0.25) is 12.1 Å². The Bertz CT molecular complexity index is 1740. The van der Waals surface area contributed by atoms with Crippen molar-refractivity contribution < 1.29 is 31.9 Å². The number of aromatic nitrogens is 1. The van der Waals surface area contributed by atoms with Crippen molar-refractivity contribution in [2.24, 2.45) is 0 Å². The van der Waals surface area contributed by atoms with E-state index in [1.807, 2.05) is 60.7 Å². The van der Waals surface area contributed by atoms with Crippen LogP contribution in [0.4, 0.5) is 23.2 Å². The molecule has 43 heavy (non-hydrogen) atoms. The van der Waals surface area contributed by atoms with E-state index in [1.165, 1.54) is 0 Å². The highest BCUT2D eigenvalue weighted by Gasteiger charge is 2.43. The molecule has 7 nitrogen and oxygen atoms in total. The Morgan fingerprint density at radius 3 is 2.30 bits per heavy atom. The van der Waals surface area contributed by atoms with Crippen LogP contribution in [0.15, 0.2) is 72.8 Å². The summed E-state index contributed by atoms with van der Waals surface area (Å²) in [5.41, 5.74) is 4.50. The van der Waals surface area contributed by atoms with Crippen molar-refractivity contribution in [1.82, 2.24) is 15.2 Å². The number of fused-ring (bicyclic) bond motifs is 5. The van der Waals surface area contributed by atoms with E-state index in [0.717, 1.165) is 33.3 Å². The highest BCUT2D eigenvalue weighted by molar-refractivity contribution is 5.96. The molecule has 0 bridgehead atoms. The second-order valence-corrected chi connectivity index (χ2v) is 11.5. The van der Waals surface area contributed by atoms with Crippen molar-refractivity contribution in [3.63, 3.8) is 0 Å². The molecule has 2 fully saturated rings. The zero-order chi connectivity index (χ0) is 29.9. The van der Waals surface area contributed by atoms with Gasteiger partial charge in [-0.3, -0.25) is 14.9 Å². The van der Waals surface area contributed by atoms with E-state index in [-0.39, 0.29) is 12.2 Å². The standard InChI is InChI=1S/C32H28F4N4O3/c33-31(34)14-23(37-16-31)27(41)11-18-6-9-25-20(10-18)12-26-22-8-7-21(39-29(42)24-15-32(35,36)17-38-24)13-28(22)43-30(40(25)26)19-4-2-1-3-5-19/h1-10,12-13,23-24,30,37-38H,11,14-17H2,(H,39,42)/t23-,24-,30?/m0/s1. The Labute approximate surface area is 244 Å². The minimum absolute atomic E-state index is 0.0320. The van der Waals surface area contributed by atoms with Crippen molar-refractivity contribution in [3.8, 4) is 17.0 Å². The Kier molecular flexibility index (Phi) is 6.55. The largest absolute Gasteiger partial charge is 0.465 e. The molecule has 0 radical (unpaired) electrons. The molecule has 222 valence electrons. The first kappa shape index (κ1) is 27.6. The Balaban J connectivity index is 1.21. The zero-order valence-electron chi connectivity index (χ0n) is 22.9. The van der Waals surface area contributed by atoms with E-state index in [0.29, 0.717) is 11.4 Å². The Hall–Kier alpha value is -4.22. The SMILES string of the molecule is O=C(Cc1ccc2c(c1)cc1n2C(c2ccccc2)Oc2cc(NC(=O)[C@@H]3CC(F)(F)CN3)ccc2-1)[C@@H]1CC(F)(F)CN1. The number of alkyl halides is 4. The molecule has 1 unspecified atom stereocenters. The van der Waals surface area contributed by atoms with Crippen LogP contribution in [0.5, 0.6) is 5.75 Å². The van der Waals surface area contributed by atoms with Crippen LogP contribution in [0.3, 0.4) is 0 Å². The predicted molar refractivity (Wildman–Crippen MR) is 153 cm³/mol. The van der Waals surface area contributed by atoms with Gasteiger partial charge < -0.3 is 19.9 Å². The molecule has 3 aromatic carbocycles. The number of hydrogen-bond acceptors (Lipinski definition) is 5. The van der Waals surface area contributed by atoms with Gasteiger partial charge >= 0.3 is 0 Å². The van der Waals surface area contributed by atoms with Gasteiger partial charge in [0.1, 0.15) is 5.75 Å².